The van der Waals surface area contributed by atoms with Gasteiger partial charge < -0.3 is 14.9 Å². The van der Waals surface area contributed by atoms with Gasteiger partial charge in [0.2, 0.25) is 0 Å². The maximum absolute atomic E-state index is 12.4. The molecule has 1 N–H and O–H groups in total. The Hall–Kier alpha value is -1.77. The summed E-state index contributed by atoms with van der Waals surface area (Å²) < 4.78 is 0. The van der Waals surface area contributed by atoms with E-state index in [0.29, 0.717) is 32.4 Å². The third-order valence-electron chi connectivity index (χ3n) is 3.37. The largest absolute Gasteiger partial charge is 0.481 e. The van der Waals surface area contributed by atoms with E-state index in [1.165, 1.54) is 0 Å². The lowest BCUT2D eigenvalue weighted by molar-refractivity contribution is -0.143. The van der Waals surface area contributed by atoms with Crippen molar-refractivity contribution >= 4 is 12.0 Å². The highest BCUT2D eigenvalue weighted by Gasteiger charge is 2.31. The van der Waals surface area contributed by atoms with E-state index in [1.807, 2.05) is 19.9 Å². The molecule has 1 heterocycles. The van der Waals surface area contributed by atoms with Crippen LogP contribution >= 0.6 is 0 Å². The lowest BCUT2D eigenvalue weighted by Crippen LogP contribution is -2.51. The zero-order chi connectivity index (χ0) is 14.4. The zero-order valence-corrected chi connectivity index (χ0v) is 11.5. The first kappa shape index (κ1) is 15.3. The average Bonchev–Trinajstić information content (AvgIpc) is 2.38. The maximum atomic E-state index is 12.4. The summed E-state index contributed by atoms with van der Waals surface area (Å²) in [5, 5.41) is 17.7. The van der Waals surface area contributed by atoms with Crippen molar-refractivity contribution < 1.29 is 14.7 Å². The number of piperidine rings is 1. The molecular weight excluding hydrogens is 246 g/mol. The van der Waals surface area contributed by atoms with Crippen molar-refractivity contribution in [2.75, 3.05) is 19.6 Å². The molecule has 0 radical (unpaired) electrons. The minimum absolute atomic E-state index is 0.00561. The molecule has 1 aliphatic heterocycles. The number of nitrogens with zero attached hydrogens (tertiary/aromatic N) is 3. The van der Waals surface area contributed by atoms with Gasteiger partial charge in [-0.25, -0.2) is 4.79 Å². The molecule has 2 amide bonds. The molecule has 106 valence electrons. The SMILES string of the molecule is CC(C)N(CCC#N)C(=O)N1CCCC(C(=O)O)C1. The normalized spacial score (nSPS) is 19.1. The molecule has 1 rings (SSSR count). The highest BCUT2D eigenvalue weighted by molar-refractivity contribution is 5.77. The Morgan fingerprint density at radius 1 is 1.53 bits per heavy atom. The van der Waals surface area contributed by atoms with E-state index in [4.69, 9.17) is 10.4 Å². The first-order valence-corrected chi connectivity index (χ1v) is 6.62. The van der Waals surface area contributed by atoms with Crippen molar-refractivity contribution in [2.45, 2.75) is 39.2 Å². The number of carboxylic acid groups (broad SMARTS) is 1. The maximum Gasteiger partial charge on any atom is 0.320 e. The van der Waals surface area contributed by atoms with Gasteiger partial charge >= 0.3 is 12.0 Å². The minimum Gasteiger partial charge on any atom is -0.481 e. The van der Waals surface area contributed by atoms with Gasteiger partial charge in [-0.15, -0.1) is 0 Å². The number of carbonyl (C=O) groups is 2. The zero-order valence-electron chi connectivity index (χ0n) is 11.5. The molecule has 1 fully saturated rings. The monoisotopic (exact) mass is 267 g/mol. The molecule has 1 unspecified atom stereocenters. The summed E-state index contributed by atoms with van der Waals surface area (Å²) >= 11 is 0. The number of amides is 2. The number of urea groups is 1. The number of hydrogen-bond acceptors (Lipinski definition) is 3. The van der Waals surface area contributed by atoms with Gasteiger partial charge in [0, 0.05) is 25.7 Å². The molecule has 19 heavy (non-hydrogen) atoms. The summed E-state index contributed by atoms with van der Waals surface area (Å²) in [6.07, 6.45) is 1.63. The van der Waals surface area contributed by atoms with E-state index < -0.39 is 11.9 Å². The predicted molar refractivity (Wildman–Crippen MR) is 69.4 cm³/mol. The van der Waals surface area contributed by atoms with Gasteiger partial charge in [-0.2, -0.15) is 5.26 Å². The van der Waals surface area contributed by atoms with Crippen LogP contribution in [0.3, 0.4) is 0 Å². The van der Waals surface area contributed by atoms with Gasteiger partial charge in [-0.1, -0.05) is 0 Å². The molecule has 0 aromatic rings. The fraction of sp³-hybridized carbons (Fsp3) is 0.769. The third kappa shape index (κ3) is 4.12. The fourth-order valence-corrected chi connectivity index (χ4v) is 2.28. The van der Waals surface area contributed by atoms with E-state index in [-0.39, 0.29) is 18.6 Å². The molecule has 6 nitrogen and oxygen atoms in total. The van der Waals surface area contributed by atoms with Gasteiger partial charge in [0.15, 0.2) is 0 Å². The van der Waals surface area contributed by atoms with E-state index in [1.54, 1.807) is 9.80 Å². The van der Waals surface area contributed by atoms with Crippen LogP contribution in [0.1, 0.15) is 33.1 Å². The van der Waals surface area contributed by atoms with Crippen LogP contribution < -0.4 is 0 Å². The summed E-state index contributed by atoms with van der Waals surface area (Å²) in [5.41, 5.74) is 0. The van der Waals surface area contributed by atoms with Crippen molar-refractivity contribution in [2.24, 2.45) is 5.92 Å². The Kier molecular flexibility index (Phi) is 5.61. The molecule has 1 atom stereocenters. The van der Waals surface area contributed by atoms with E-state index in [0.717, 1.165) is 0 Å². The van der Waals surface area contributed by atoms with Crippen LogP contribution in [0.15, 0.2) is 0 Å². The Bertz CT molecular complexity index is 376. The minimum atomic E-state index is -0.842. The van der Waals surface area contributed by atoms with Crippen LogP contribution in [-0.4, -0.2) is 52.6 Å². The quantitative estimate of drug-likeness (QED) is 0.837. The molecule has 0 aliphatic carbocycles. The van der Waals surface area contributed by atoms with Gasteiger partial charge in [-0.3, -0.25) is 4.79 Å². The average molecular weight is 267 g/mol. The summed E-state index contributed by atoms with van der Waals surface area (Å²) in [6.45, 7) is 5.05. The van der Waals surface area contributed by atoms with Gasteiger partial charge in [0.25, 0.3) is 0 Å². The second kappa shape index (κ2) is 6.98. The Balaban J connectivity index is 2.68. The van der Waals surface area contributed by atoms with Crippen molar-refractivity contribution in [1.82, 2.24) is 9.80 Å². The first-order valence-electron chi connectivity index (χ1n) is 6.62. The van der Waals surface area contributed by atoms with Crippen molar-refractivity contribution in [3.63, 3.8) is 0 Å². The number of rotatable bonds is 4. The predicted octanol–water partition coefficient (Wildman–Crippen LogP) is 1.53. The Morgan fingerprint density at radius 2 is 2.21 bits per heavy atom. The molecule has 0 aromatic carbocycles. The number of aliphatic carboxylic acids is 1. The Morgan fingerprint density at radius 3 is 2.74 bits per heavy atom. The van der Waals surface area contributed by atoms with Crippen LogP contribution in [-0.2, 0) is 4.79 Å². The van der Waals surface area contributed by atoms with E-state index in [2.05, 4.69) is 0 Å². The van der Waals surface area contributed by atoms with Gasteiger partial charge in [0.1, 0.15) is 0 Å². The van der Waals surface area contributed by atoms with Gasteiger partial charge in [-0.05, 0) is 26.7 Å². The highest BCUT2D eigenvalue weighted by Crippen LogP contribution is 2.18. The third-order valence-corrected chi connectivity index (χ3v) is 3.37. The molecular formula is C13H21N3O3. The molecule has 1 aliphatic rings. The highest BCUT2D eigenvalue weighted by atomic mass is 16.4. The summed E-state index contributed by atoms with van der Waals surface area (Å²) in [4.78, 5) is 26.6. The number of nitriles is 1. The smallest absolute Gasteiger partial charge is 0.320 e. The molecule has 0 saturated carbocycles. The Labute approximate surface area is 113 Å². The van der Waals surface area contributed by atoms with Crippen LogP contribution in [0.2, 0.25) is 0 Å². The van der Waals surface area contributed by atoms with Gasteiger partial charge in [0.05, 0.1) is 18.4 Å². The van der Waals surface area contributed by atoms with Crippen molar-refractivity contribution in [3.8, 4) is 6.07 Å². The number of carboxylic acids is 1. The van der Waals surface area contributed by atoms with E-state index in [9.17, 15) is 9.59 Å². The number of carbonyl (C=O) groups excluding carboxylic acids is 1. The lowest BCUT2D eigenvalue weighted by atomic mass is 9.98. The number of likely N-dealkylation sites (tertiary alicyclic amines) is 1. The summed E-state index contributed by atoms with van der Waals surface area (Å²) in [5.74, 6) is -1.31. The molecule has 0 aromatic heterocycles. The van der Waals surface area contributed by atoms with Crippen LogP contribution in [0, 0.1) is 17.2 Å². The second-order valence-corrected chi connectivity index (χ2v) is 5.10. The topological polar surface area (TPSA) is 84.6 Å². The van der Waals surface area contributed by atoms with Crippen LogP contribution in [0.4, 0.5) is 4.79 Å². The van der Waals surface area contributed by atoms with Crippen molar-refractivity contribution in [3.05, 3.63) is 0 Å². The first-order chi connectivity index (χ1) is 8.97. The summed E-state index contributed by atoms with van der Waals surface area (Å²) in [6, 6.07) is 1.88. The second-order valence-electron chi connectivity index (χ2n) is 5.10. The molecule has 0 bridgehead atoms. The molecule has 6 heteroatoms. The van der Waals surface area contributed by atoms with Crippen molar-refractivity contribution in [1.29, 1.82) is 5.26 Å². The fourth-order valence-electron chi connectivity index (χ4n) is 2.28. The van der Waals surface area contributed by atoms with E-state index >= 15 is 0 Å². The molecule has 1 saturated heterocycles. The van der Waals surface area contributed by atoms with Crippen LogP contribution in [0.5, 0.6) is 0 Å². The summed E-state index contributed by atoms with van der Waals surface area (Å²) in [7, 11) is 0. The lowest BCUT2D eigenvalue weighted by Gasteiger charge is -2.36. The standard InChI is InChI=1S/C13H21N3O3/c1-10(2)16(8-4-6-14)13(19)15-7-3-5-11(9-15)12(17)18/h10-11H,3-5,7-9H2,1-2H3,(H,17,18). The molecule has 0 spiro atoms. The number of hydrogen-bond donors (Lipinski definition) is 1. The van der Waals surface area contributed by atoms with Crippen LogP contribution in [0.25, 0.3) is 0 Å².